The minimum absolute atomic E-state index is 0.452. The molecular weight excluding hydrogens is 360 g/mol. The Hall–Kier alpha value is -1.63. The van der Waals surface area contributed by atoms with Gasteiger partial charge in [-0.05, 0) is 31.9 Å². The van der Waals surface area contributed by atoms with Gasteiger partial charge in [0.2, 0.25) is 0 Å². The molecule has 0 radical (unpaired) electrons. The van der Waals surface area contributed by atoms with Gasteiger partial charge in [0.1, 0.15) is 0 Å². The van der Waals surface area contributed by atoms with Crippen LogP contribution in [0.2, 0.25) is 0 Å². The second-order valence-electron chi connectivity index (χ2n) is 9.00. The van der Waals surface area contributed by atoms with Crippen LogP contribution in [0.25, 0.3) is 0 Å². The molecular formula is C23H40N6. The zero-order valence-corrected chi connectivity index (χ0v) is 18.8. The number of nitrogens with one attached hydrogen (secondary N) is 2. The van der Waals surface area contributed by atoms with E-state index in [2.05, 4.69) is 81.6 Å². The second-order valence-corrected chi connectivity index (χ2v) is 9.00. The van der Waals surface area contributed by atoms with Crippen molar-refractivity contribution in [1.29, 1.82) is 0 Å². The molecule has 29 heavy (non-hydrogen) atoms. The predicted molar refractivity (Wildman–Crippen MR) is 122 cm³/mol. The lowest BCUT2D eigenvalue weighted by Gasteiger charge is -2.34. The van der Waals surface area contributed by atoms with E-state index >= 15 is 0 Å². The lowest BCUT2D eigenvalue weighted by atomic mass is 10.1. The van der Waals surface area contributed by atoms with Crippen LogP contribution in [-0.2, 0) is 6.54 Å². The van der Waals surface area contributed by atoms with Crippen LogP contribution in [0.1, 0.15) is 25.8 Å². The van der Waals surface area contributed by atoms with Crippen LogP contribution >= 0.6 is 0 Å². The molecule has 0 amide bonds. The number of likely N-dealkylation sites (tertiary alicyclic amines) is 1. The van der Waals surface area contributed by atoms with Gasteiger partial charge in [0.05, 0.1) is 0 Å². The summed E-state index contributed by atoms with van der Waals surface area (Å²) in [6, 6.07) is 11.8. The van der Waals surface area contributed by atoms with Gasteiger partial charge in [-0.15, -0.1) is 0 Å². The molecule has 1 aromatic carbocycles. The van der Waals surface area contributed by atoms with Gasteiger partial charge in [0.15, 0.2) is 5.96 Å². The summed E-state index contributed by atoms with van der Waals surface area (Å²) in [5, 5.41) is 7.21. The number of nitrogens with zero attached hydrogens (tertiary/aromatic N) is 4. The highest BCUT2D eigenvalue weighted by atomic mass is 15.3. The molecule has 2 heterocycles. The van der Waals surface area contributed by atoms with E-state index in [4.69, 9.17) is 0 Å². The van der Waals surface area contributed by atoms with Crippen molar-refractivity contribution in [3.8, 4) is 0 Å². The Labute approximate surface area is 177 Å². The summed E-state index contributed by atoms with van der Waals surface area (Å²) in [7, 11) is 4.09. The quantitative estimate of drug-likeness (QED) is 0.539. The highest BCUT2D eigenvalue weighted by molar-refractivity contribution is 5.80. The number of hydrogen-bond acceptors (Lipinski definition) is 4. The summed E-state index contributed by atoms with van der Waals surface area (Å²) in [6.45, 7) is 13.6. The van der Waals surface area contributed by atoms with Crippen LogP contribution in [0.5, 0.6) is 0 Å². The third-order valence-corrected chi connectivity index (χ3v) is 6.28. The molecule has 0 spiro atoms. The maximum atomic E-state index is 4.47. The van der Waals surface area contributed by atoms with E-state index in [1.165, 1.54) is 31.7 Å². The van der Waals surface area contributed by atoms with Gasteiger partial charge >= 0.3 is 0 Å². The van der Waals surface area contributed by atoms with E-state index in [9.17, 15) is 0 Å². The molecule has 162 valence electrons. The average Bonchev–Trinajstić information content (AvgIpc) is 3.06. The lowest BCUT2D eigenvalue weighted by molar-refractivity contribution is 0.139. The van der Waals surface area contributed by atoms with Gasteiger partial charge in [0, 0.05) is 71.5 Å². The Morgan fingerprint density at radius 2 is 1.90 bits per heavy atom. The molecule has 6 nitrogen and oxygen atoms in total. The molecule has 2 saturated heterocycles. The van der Waals surface area contributed by atoms with Crippen molar-refractivity contribution < 1.29 is 0 Å². The van der Waals surface area contributed by atoms with Crippen LogP contribution in [0.4, 0.5) is 0 Å². The third-order valence-electron chi connectivity index (χ3n) is 6.28. The lowest BCUT2D eigenvalue weighted by Crippen LogP contribution is -2.48. The molecule has 2 N–H and O–H groups in total. The summed E-state index contributed by atoms with van der Waals surface area (Å²) >= 11 is 0. The average molecular weight is 401 g/mol. The first-order valence-corrected chi connectivity index (χ1v) is 11.2. The van der Waals surface area contributed by atoms with E-state index in [0.717, 1.165) is 38.6 Å². The third kappa shape index (κ3) is 6.98. The van der Waals surface area contributed by atoms with Crippen LogP contribution in [-0.4, -0.2) is 92.7 Å². The Morgan fingerprint density at radius 1 is 1.17 bits per heavy atom. The van der Waals surface area contributed by atoms with E-state index in [-0.39, 0.29) is 0 Å². The molecule has 2 aliphatic heterocycles. The van der Waals surface area contributed by atoms with Crippen LogP contribution in [0.15, 0.2) is 35.3 Å². The Kier molecular flexibility index (Phi) is 8.33. The van der Waals surface area contributed by atoms with E-state index in [1.54, 1.807) is 0 Å². The zero-order valence-electron chi connectivity index (χ0n) is 18.8. The van der Waals surface area contributed by atoms with Crippen molar-refractivity contribution in [2.24, 2.45) is 10.9 Å². The van der Waals surface area contributed by atoms with Gasteiger partial charge in [-0.25, -0.2) is 0 Å². The summed E-state index contributed by atoms with van der Waals surface area (Å²) in [4.78, 5) is 12.0. The van der Waals surface area contributed by atoms with Crippen LogP contribution in [0.3, 0.4) is 0 Å². The minimum Gasteiger partial charge on any atom is -0.356 e. The normalized spacial score (nSPS) is 25.9. The SMILES string of the molecule is CN=C(NCC(C)CN1CCN(C)CC1)NC1CC(C)N(Cc2ccccc2)C1. The van der Waals surface area contributed by atoms with Crippen LogP contribution in [0, 0.1) is 5.92 Å². The molecule has 0 aromatic heterocycles. The highest BCUT2D eigenvalue weighted by Gasteiger charge is 2.29. The van der Waals surface area contributed by atoms with Crippen molar-refractivity contribution in [2.75, 3.05) is 59.9 Å². The van der Waals surface area contributed by atoms with Gasteiger partial charge < -0.3 is 20.4 Å². The number of hydrogen-bond donors (Lipinski definition) is 2. The molecule has 2 aliphatic rings. The second kappa shape index (κ2) is 11.0. The standard InChI is InChI=1S/C23H40N6/c1-19(16-28-12-10-27(4)11-13-28)15-25-23(24-3)26-22-14-20(2)29(18-22)17-21-8-6-5-7-9-21/h5-9,19-20,22H,10-18H2,1-4H3,(H2,24,25,26). The predicted octanol–water partition coefficient (Wildman–Crippen LogP) is 1.70. The monoisotopic (exact) mass is 400 g/mol. The number of piperazine rings is 1. The van der Waals surface area contributed by atoms with Crippen molar-refractivity contribution in [3.05, 3.63) is 35.9 Å². The summed E-state index contributed by atoms with van der Waals surface area (Å²) in [6.07, 6.45) is 1.16. The number of likely N-dealkylation sites (N-methyl/N-ethyl adjacent to an activating group) is 1. The smallest absolute Gasteiger partial charge is 0.191 e. The van der Waals surface area contributed by atoms with Gasteiger partial charge in [-0.2, -0.15) is 0 Å². The van der Waals surface area contributed by atoms with Crippen molar-refractivity contribution in [3.63, 3.8) is 0 Å². The molecule has 1 aromatic rings. The first-order valence-electron chi connectivity index (χ1n) is 11.2. The van der Waals surface area contributed by atoms with E-state index in [0.29, 0.717) is 18.0 Å². The molecule has 3 rings (SSSR count). The van der Waals surface area contributed by atoms with Crippen LogP contribution < -0.4 is 10.6 Å². The molecule has 2 fully saturated rings. The van der Waals surface area contributed by atoms with Gasteiger partial charge in [-0.1, -0.05) is 37.3 Å². The van der Waals surface area contributed by atoms with Gasteiger partial charge in [0.25, 0.3) is 0 Å². The summed E-state index contributed by atoms with van der Waals surface area (Å²) < 4.78 is 0. The van der Waals surface area contributed by atoms with E-state index < -0.39 is 0 Å². The van der Waals surface area contributed by atoms with Crippen molar-refractivity contribution >= 4 is 5.96 Å². The topological polar surface area (TPSA) is 46.1 Å². The number of aliphatic imine (C=N–C) groups is 1. The van der Waals surface area contributed by atoms with Gasteiger partial charge in [-0.3, -0.25) is 9.89 Å². The largest absolute Gasteiger partial charge is 0.356 e. The fourth-order valence-corrected chi connectivity index (χ4v) is 4.44. The first kappa shape index (κ1) is 22.1. The molecule has 3 atom stereocenters. The van der Waals surface area contributed by atoms with E-state index in [1.807, 2.05) is 7.05 Å². The number of rotatable bonds is 7. The molecule has 0 aliphatic carbocycles. The number of benzene rings is 1. The maximum Gasteiger partial charge on any atom is 0.191 e. The summed E-state index contributed by atoms with van der Waals surface area (Å²) in [5.41, 5.74) is 1.39. The maximum absolute atomic E-state index is 4.47. The number of guanidine groups is 1. The Morgan fingerprint density at radius 3 is 2.59 bits per heavy atom. The van der Waals surface area contributed by atoms with Crippen molar-refractivity contribution in [1.82, 2.24) is 25.3 Å². The molecule has 0 saturated carbocycles. The Bertz CT molecular complexity index is 626. The minimum atomic E-state index is 0.452. The Balaban J connectivity index is 1.39. The highest BCUT2D eigenvalue weighted by Crippen LogP contribution is 2.20. The summed E-state index contributed by atoms with van der Waals surface area (Å²) in [5.74, 6) is 1.54. The fourth-order valence-electron chi connectivity index (χ4n) is 4.44. The molecule has 3 unspecified atom stereocenters. The first-order chi connectivity index (χ1) is 14.0. The molecule has 0 bridgehead atoms. The molecule has 6 heteroatoms. The zero-order chi connectivity index (χ0) is 20.6. The fraction of sp³-hybridized carbons (Fsp3) is 0.696. The van der Waals surface area contributed by atoms with Crippen molar-refractivity contribution in [2.45, 2.75) is 38.9 Å².